The Morgan fingerprint density at radius 1 is 1.06 bits per heavy atom. The van der Waals surface area contributed by atoms with Gasteiger partial charge in [0.1, 0.15) is 11.4 Å². The molecule has 0 radical (unpaired) electrons. The molecule has 1 aromatic carbocycles. The maximum atomic E-state index is 12.9. The van der Waals surface area contributed by atoms with Crippen molar-refractivity contribution in [2.24, 2.45) is 7.05 Å². The SMILES string of the molecule is COc1cc(-n2c(-c3cc(-c4cnc5[nH]ccc5c4)ccn3)cn(C)c2=O)ccc1Cl. The second-order valence-corrected chi connectivity index (χ2v) is 7.54. The van der Waals surface area contributed by atoms with Gasteiger partial charge in [0.25, 0.3) is 0 Å². The molecule has 8 heteroatoms. The van der Waals surface area contributed by atoms with Crippen molar-refractivity contribution in [3.05, 3.63) is 82.8 Å². The minimum absolute atomic E-state index is 0.193. The van der Waals surface area contributed by atoms with Crippen molar-refractivity contribution in [2.45, 2.75) is 0 Å². The standard InChI is InChI=1S/C23H18ClN5O2/c1-28-13-20(29(23(28)30)17-3-4-18(24)21(11-17)31-2)19-10-14(5-7-25-19)16-9-15-6-8-26-22(15)27-12-16/h3-13H,1-2H3,(H,26,27). The summed E-state index contributed by atoms with van der Waals surface area (Å²) in [4.78, 5) is 25.0. The van der Waals surface area contributed by atoms with E-state index in [1.54, 1.807) is 49.3 Å². The van der Waals surface area contributed by atoms with E-state index < -0.39 is 0 Å². The van der Waals surface area contributed by atoms with Crippen LogP contribution >= 0.6 is 11.6 Å². The Morgan fingerprint density at radius 3 is 2.77 bits per heavy atom. The summed E-state index contributed by atoms with van der Waals surface area (Å²) in [5.41, 5.74) is 4.54. The maximum Gasteiger partial charge on any atom is 0.333 e. The van der Waals surface area contributed by atoms with Crippen molar-refractivity contribution in [3.8, 4) is 34.0 Å². The van der Waals surface area contributed by atoms with E-state index in [4.69, 9.17) is 16.3 Å². The third kappa shape index (κ3) is 3.29. The molecule has 0 atom stereocenters. The molecule has 31 heavy (non-hydrogen) atoms. The van der Waals surface area contributed by atoms with Crippen molar-refractivity contribution < 1.29 is 4.74 Å². The van der Waals surface area contributed by atoms with E-state index in [0.29, 0.717) is 27.8 Å². The highest BCUT2D eigenvalue weighted by molar-refractivity contribution is 6.32. The Morgan fingerprint density at radius 2 is 1.94 bits per heavy atom. The second-order valence-electron chi connectivity index (χ2n) is 7.13. The maximum absolute atomic E-state index is 12.9. The third-order valence-electron chi connectivity index (χ3n) is 5.20. The molecule has 0 unspecified atom stereocenters. The van der Waals surface area contributed by atoms with Gasteiger partial charge in [0.15, 0.2) is 0 Å². The first kappa shape index (κ1) is 19.1. The quantitative estimate of drug-likeness (QED) is 0.456. The summed E-state index contributed by atoms with van der Waals surface area (Å²) < 4.78 is 8.45. The molecule has 0 fully saturated rings. The van der Waals surface area contributed by atoms with Crippen molar-refractivity contribution in [2.75, 3.05) is 7.11 Å². The van der Waals surface area contributed by atoms with Crippen LogP contribution in [-0.2, 0) is 7.05 Å². The molecule has 154 valence electrons. The van der Waals surface area contributed by atoms with Gasteiger partial charge in [-0.1, -0.05) is 11.6 Å². The average Bonchev–Trinajstić information content (AvgIpc) is 3.38. The Kier molecular flexibility index (Phi) is 4.60. The Labute approximate surface area is 182 Å². The van der Waals surface area contributed by atoms with Gasteiger partial charge in [-0.05, 0) is 42.0 Å². The van der Waals surface area contributed by atoms with Crippen LogP contribution in [0.25, 0.3) is 39.2 Å². The van der Waals surface area contributed by atoms with Gasteiger partial charge in [-0.25, -0.2) is 9.78 Å². The molecule has 7 nitrogen and oxygen atoms in total. The number of rotatable bonds is 4. The fourth-order valence-electron chi connectivity index (χ4n) is 3.62. The number of hydrogen-bond donors (Lipinski definition) is 1. The lowest BCUT2D eigenvalue weighted by Gasteiger charge is -2.10. The summed E-state index contributed by atoms with van der Waals surface area (Å²) >= 11 is 6.17. The molecule has 5 rings (SSSR count). The van der Waals surface area contributed by atoms with Gasteiger partial charge in [-0.2, -0.15) is 0 Å². The summed E-state index contributed by atoms with van der Waals surface area (Å²) in [5.74, 6) is 0.494. The zero-order valence-corrected chi connectivity index (χ0v) is 17.6. The Bertz CT molecular complexity index is 1480. The number of imidazole rings is 1. The number of nitrogens with zero attached hydrogens (tertiary/aromatic N) is 4. The van der Waals surface area contributed by atoms with Crippen LogP contribution in [0.3, 0.4) is 0 Å². The van der Waals surface area contributed by atoms with Gasteiger partial charge < -0.3 is 14.3 Å². The van der Waals surface area contributed by atoms with Crippen LogP contribution in [0, 0.1) is 0 Å². The molecule has 4 heterocycles. The van der Waals surface area contributed by atoms with Gasteiger partial charge in [0.2, 0.25) is 0 Å². The molecule has 0 spiro atoms. The van der Waals surface area contributed by atoms with Crippen LogP contribution in [0.5, 0.6) is 5.75 Å². The van der Waals surface area contributed by atoms with Crippen LogP contribution in [0.4, 0.5) is 0 Å². The molecule has 0 aliphatic carbocycles. The van der Waals surface area contributed by atoms with Crippen molar-refractivity contribution in [1.82, 2.24) is 24.1 Å². The van der Waals surface area contributed by atoms with Crippen LogP contribution in [-0.4, -0.2) is 31.2 Å². The summed E-state index contributed by atoms with van der Waals surface area (Å²) in [6.07, 6.45) is 7.18. The summed E-state index contributed by atoms with van der Waals surface area (Å²) in [6, 6.07) is 13.2. The zero-order valence-electron chi connectivity index (χ0n) is 16.8. The molecule has 0 saturated carbocycles. The number of H-pyrrole nitrogens is 1. The van der Waals surface area contributed by atoms with E-state index >= 15 is 0 Å². The highest BCUT2D eigenvalue weighted by Gasteiger charge is 2.16. The van der Waals surface area contributed by atoms with Crippen LogP contribution in [0.1, 0.15) is 0 Å². The lowest BCUT2D eigenvalue weighted by Crippen LogP contribution is -2.21. The predicted molar refractivity (Wildman–Crippen MR) is 121 cm³/mol. The molecule has 5 aromatic rings. The largest absolute Gasteiger partial charge is 0.495 e. The molecular weight excluding hydrogens is 414 g/mol. The Balaban J connectivity index is 1.65. The molecule has 0 bridgehead atoms. The first-order chi connectivity index (χ1) is 15.0. The van der Waals surface area contributed by atoms with E-state index in [-0.39, 0.29) is 5.69 Å². The van der Waals surface area contributed by atoms with Gasteiger partial charge in [-0.15, -0.1) is 0 Å². The van der Waals surface area contributed by atoms with E-state index in [1.165, 1.54) is 4.57 Å². The predicted octanol–water partition coefficient (Wildman–Crippen LogP) is 4.44. The smallest absolute Gasteiger partial charge is 0.333 e. The molecule has 0 amide bonds. The van der Waals surface area contributed by atoms with Crippen molar-refractivity contribution in [1.29, 1.82) is 0 Å². The average molecular weight is 432 g/mol. The number of pyridine rings is 2. The van der Waals surface area contributed by atoms with Gasteiger partial charge >= 0.3 is 5.69 Å². The topological polar surface area (TPSA) is 77.7 Å². The normalized spacial score (nSPS) is 11.2. The molecular formula is C23H18ClN5O2. The molecule has 0 aliphatic heterocycles. The van der Waals surface area contributed by atoms with Crippen molar-refractivity contribution in [3.63, 3.8) is 0 Å². The second kappa shape index (κ2) is 7.45. The first-order valence-corrected chi connectivity index (χ1v) is 9.95. The molecule has 0 aliphatic rings. The fraction of sp³-hybridized carbons (Fsp3) is 0.0870. The number of aromatic nitrogens is 5. The lowest BCUT2D eigenvalue weighted by atomic mass is 10.1. The number of aryl methyl sites for hydroxylation is 1. The fourth-order valence-corrected chi connectivity index (χ4v) is 3.82. The molecule has 4 aromatic heterocycles. The number of methoxy groups -OCH3 is 1. The van der Waals surface area contributed by atoms with Crippen LogP contribution in [0.15, 0.2) is 72.0 Å². The monoisotopic (exact) mass is 431 g/mol. The highest BCUT2D eigenvalue weighted by Crippen LogP contribution is 2.30. The van der Waals surface area contributed by atoms with Crippen LogP contribution < -0.4 is 10.4 Å². The van der Waals surface area contributed by atoms with E-state index in [9.17, 15) is 4.79 Å². The number of halogens is 1. The van der Waals surface area contributed by atoms with Gasteiger partial charge in [-0.3, -0.25) is 9.55 Å². The summed E-state index contributed by atoms with van der Waals surface area (Å²) in [7, 11) is 3.25. The van der Waals surface area contributed by atoms with Gasteiger partial charge in [0, 0.05) is 48.9 Å². The third-order valence-corrected chi connectivity index (χ3v) is 5.51. The minimum atomic E-state index is -0.193. The minimum Gasteiger partial charge on any atom is -0.495 e. The highest BCUT2D eigenvalue weighted by atomic mass is 35.5. The van der Waals surface area contributed by atoms with E-state index in [2.05, 4.69) is 21.0 Å². The number of ether oxygens (including phenoxy) is 1. The van der Waals surface area contributed by atoms with E-state index in [1.807, 2.05) is 30.6 Å². The Hall–Kier alpha value is -3.84. The van der Waals surface area contributed by atoms with Crippen molar-refractivity contribution >= 4 is 22.6 Å². The number of hydrogen-bond acceptors (Lipinski definition) is 4. The number of nitrogens with one attached hydrogen (secondary N) is 1. The van der Waals surface area contributed by atoms with Gasteiger partial charge in [0.05, 0.1) is 29.2 Å². The summed E-state index contributed by atoms with van der Waals surface area (Å²) in [6.45, 7) is 0. The number of aromatic amines is 1. The number of benzene rings is 1. The molecule has 0 saturated heterocycles. The van der Waals surface area contributed by atoms with E-state index in [0.717, 1.165) is 22.2 Å². The summed E-state index contributed by atoms with van der Waals surface area (Å²) in [5, 5.41) is 1.50. The zero-order chi connectivity index (χ0) is 21.5. The first-order valence-electron chi connectivity index (χ1n) is 9.57. The van der Waals surface area contributed by atoms with Crippen LogP contribution in [0.2, 0.25) is 5.02 Å². The number of fused-ring (bicyclic) bond motifs is 1. The lowest BCUT2D eigenvalue weighted by molar-refractivity contribution is 0.415. The molecule has 1 N–H and O–H groups in total.